The highest BCUT2D eigenvalue weighted by atomic mass is 15.0. The first-order valence-electron chi connectivity index (χ1n) is 6.57. The summed E-state index contributed by atoms with van der Waals surface area (Å²) in [5.74, 6) is 0.810. The average Bonchev–Trinajstić information content (AvgIpc) is 2.13. The fourth-order valence-electron chi connectivity index (χ4n) is 1.64. The molecule has 0 amide bonds. The third kappa shape index (κ3) is 7.92. The quantitative estimate of drug-likeness (QED) is 0.634. The number of hydrogen-bond acceptors (Lipinski definition) is 1. The van der Waals surface area contributed by atoms with Crippen LogP contribution in [-0.4, -0.2) is 12.1 Å². The highest BCUT2D eigenvalue weighted by Crippen LogP contribution is 2.26. The lowest BCUT2D eigenvalue weighted by atomic mass is 9.83. The van der Waals surface area contributed by atoms with E-state index in [2.05, 4.69) is 59.5 Å². The first-order valence-corrected chi connectivity index (χ1v) is 6.57. The second-order valence-electron chi connectivity index (χ2n) is 6.75. The monoisotopic (exact) mass is 225 g/mol. The van der Waals surface area contributed by atoms with Gasteiger partial charge in [0.1, 0.15) is 0 Å². The molecular formula is C15H31N. The Morgan fingerprint density at radius 3 is 2.12 bits per heavy atom. The van der Waals surface area contributed by atoms with E-state index in [9.17, 15) is 0 Å². The van der Waals surface area contributed by atoms with Crippen LogP contribution in [0.3, 0.4) is 0 Å². The molecule has 0 spiro atoms. The average molecular weight is 225 g/mol. The van der Waals surface area contributed by atoms with Crippen LogP contribution in [0, 0.1) is 11.3 Å². The van der Waals surface area contributed by atoms with Gasteiger partial charge in [-0.1, -0.05) is 39.7 Å². The molecule has 0 aromatic heterocycles. The van der Waals surface area contributed by atoms with Crippen molar-refractivity contribution in [3.05, 3.63) is 12.7 Å². The number of hydrogen-bond donors (Lipinski definition) is 1. The summed E-state index contributed by atoms with van der Waals surface area (Å²) in [6, 6.07) is 0. The molecule has 0 fully saturated rings. The molecule has 0 aliphatic heterocycles. The van der Waals surface area contributed by atoms with E-state index in [0.29, 0.717) is 0 Å². The molecule has 0 bridgehead atoms. The van der Waals surface area contributed by atoms with Gasteiger partial charge in [-0.05, 0) is 38.5 Å². The Morgan fingerprint density at radius 1 is 1.19 bits per heavy atom. The molecule has 0 heterocycles. The summed E-state index contributed by atoms with van der Waals surface area (Å²) in [6.07, 6.45) is 5.97. The molecule has 0 rings (SSSR count). The Bertz CT molecular complexity index is 200. The summed E-state index contributed by atoms with van der Waals surface area (Å²) >= 11 is 0. The van der Waals surface area contributed by atoms with Crippen molar-refractivity contribution in [1.82, 2.24) is 5.32 Å². The van der Waals surface area contributed by atoms with E-state index in [1.165, 1.54) is 19.3 Å². The van der Waals surface area contributed by atoms with Gasteiger partial charge in [-0.25, -0.2) is 0 Å². The minimum atomic E-state index is 0.197. The molecule has 0 aromatic carbocycles. The van der Waals surface area contributed by atoms with Gasteiger partial charge in [0.2, 0.25) is 0 Å². The molecule has 1 unspecified atom stereocenters. The van der Waals surface area contributed by atoms with E-state index in [0.717, 1.165) is 12.5 Å². The summed E-state index contributed by atoms with van der Waals surface area (Å²) in [5, 5.41) is 3.58. The maximum Gasteiger partial charge on any atom is 0.00968 e. The molecule has 0 aliphatic carbocycles. The van der Waals surface area contributed by atoms with Crippen molar-refractivity contribution < 1.29 is 0 Å². The molecule has 1 nitrogen and oxygen atoms in total. The molecule has 0 radical (unpaired) electrons. The van der Waals surface area contributed by atoms with Gasteiger partial charge in [-0.3, -0.25) is 0 Å². The van der Waals surface area contributed by atoms with Crippen molar-refractivity contribution in [1.29, 1.82) is 0 Å². The van der Waals surface area contributed by atoms with E-state index in [1.807, 2.05) is 0 Å². The molecule has 0 aromatic rings. The third-order valence-corrected chi connectivity index (χ3v) is 3.04. The van der Waals surface area contributed by atoms with Gasteiger partial charge in [-0.2, -0.15) is 0 Å². The van der Waals surface area contributed by atoms with Gasteiger partial charge in [0, 0.05) is 12.1 Å². The second kappa shape index (κ2) is 6.44. The van der Waals surface area contributed by atoms with E-state index < -0.39 is 0 Å². The molecule has 0 saturated carbocycles. The van der Waals surface area contributed by atoms with Gasteiger partial charge >= 0.3 is 0 Å². The predicted octanol–water partition coefficient (Wildman–Crippen LogP) is 4.39. The second-order valence-corrected chi connectivity index (χ2v) is 6.75. The van der Waals surface area contributed by atoms with Crippen molar-refractivity contribution in [3.63, 3.8) is 0 Å². The van der Waals surface area contributed by atoms with Crippen LogP contribution in [0.4, 0.5) is 0 Å². The zero-order valence-corrected chi connectivity index (χ0v) is 12.2. The lowest BCUT2D eigenvalue weighted by Crippen LogP contribution is -2.42. The van der Waals surface area contributed by atoms with Gasteiger partial charge in [0.15, 0.2) is 0 Å². The Morgan fingerprint density at radius 2 is 1.75 bits per heavy atom. The Hall–Kier alpha value is -0.300. The van der Waals surface area contributed by atoms with Crippen LogP contribution in [0.2, 0.25) is 0 Å². The van der Waals surface area contributed by atoms with Gasteiger partial charge < -0.3 is 5.32 Å². The standard InChI is InChI=1S/C15H31N/c1-8-15(7,11-9-10-13(2)3)12-16-14(4,5)6/h8,13,16H,1,9-12H2,2-7H3. The molecule has 1 heteroatoms. The number of rotatable bonds is 7. The first-order chi connectivity index (χ1) is 7.18. The molecule has 0 saturated heterocycles. The molecule has 1 N–H and O–H groups in total. The zero-order valence-electron chi connectivity index (χ0n) is 12.2. The first kappa shape index (κ1) is 15.7. The van der Waals surface area contributed by atoms with E-state index in [1.54, 1.807) is 0 Å². The lowest BCUT2D eigenvalue weighted by molar-refractivity contribution is 0.295. The van der Waals surface area contributed by atoms with Crippen LogP contribution in [0.15, 0.2) is 12.7 Å². The summed E-state index contributed by atoms with van der Waals surface area (Å²) in [4.78, 5) is 0. The highest BCUT2D eigenvalue weighted by Gasteiger charge is 2.22. The molecule has 96 valence electrons. The van der Waals surface area contributed by atoms with Gasteiger partial charge in [0.25, 0.3) is 0 Å². The van der Waals surface area contributed by atoms with E-state index in [4.69, 9.17) is 0 Å². The molecule has 16 heavy (non-hydrogen) atoms. The maximum absolute atomic E-state index is 3.99. The van der Waals surface area contributed by atoms with Gasteiger partial charge in [-0.15, -0.1) is 6.58 Å². The van der Waals surface area contributed by atoms with Crippen molar-refractivity contribution in [2.24, 2.45) is 11.3 Å². The van der Waals surface area contributed by atoms with E-state index in [-0.39, 0.29) is 11.0 Å². The molecule has 1 atom stereocenters. The largest absolute Gasteiger partial charge is 0.311 e. The van der Waals surface area contributed by atoms with Crippen molar-refractivity contribution >= 4 is 0 Å². The van der Waals surface area contributed by atoms with Crippen LogP contribution in [-0.2, 0) is 0 Å². The van der Waals surface area contributed by atoms with Gasteiger partial charge in [0.05, 0.1) is 0 Å². The summed E-state index contributed by atoms with van der Waals surface area (Å²) in [6.45, 7) is 18.5. The van der Waals surface area contributed by atoms with Crippen LogP contribution >= 0.6 is 0 Å². The summed E-state index contributed by atoms with van der Waals surface area (Å²) in [5.41, 5.74) is 0.435. The van der Waals surface area contributed by atoms with Crippen molar-refractivity contribution in [3.8, 4) is 0 Å². The lowest BCUT2D eigenvalue weighted by Gasteiger charge is -2.31. The number of nitrogens with one attached hydrogen (secondary N) is 1. The fraction of sp³-hybridized carbons (Fsp3) is 0.867. The summed E-state index contributed by atoms with van der Waals surface area (Å²) < 4.78 is 0. The Labute approximate surface area is 103 Å². The normalized spacial score (nSPS) is 16.2. The van der Waals surface area contributed by atoms with Crippen molar-refractivity contribution in [2.75, 3.05) is 6.54 Å². The maximum atomic E-state index is 3.99. The Kier molecular flexibility index (Phi) is 6.32. The Balaban J connectivity index is 4.05. The van der Waals surface area contributed by atoms with Crippen LogP contribution in [0.1, 0.15) is 60.8 Å². The summed E-state index contributed by atoms with van der Waals surface area (Å²) in [7, 11) is 0. The SMILES string of the molecule is C=CC(C)(CCCC(C)C)CNC(C)(C)C. The van der Waals surface area contributed by atoms with E-state index >= 15 is 0 Å². The molecular weight excluding hydrogens is 194 g/mol. The predicted molar refractivity (Wildman–Crippen MR) is 74.7 cm³/mol. The van der Waals surface area contributed by atoms with Crippen LogP contribution < -0.4 is 5.32 Å². The topological polar surface area (TPSA) is 12.0 Å². The van der Waals surface area contributed by atoms with Crippen LogP contribution in [0.5, 0.6) is 0 Å². The smallest absolute Gasteiger partial charge is 0.00968 e. The molecule has 0 aliphatic rings. The van der Waals surface area contributed by atoms with Crippen LogP contribution in [0.25, 0.3) is 0 Å². The zero-order chi connectivity index (χ0) is 12.8. The highest BCUT2D eigenvalue weighted by molar-refractivity contribution is 4.94. The minimum absolute atomic E-state index is 0.197. The fourth-order valence-corrected chi connectivity index (χ4v) is 1.64. The minimum Gasteiger partial charge on any atom is -0.311 e. The van der Waals surface area contributed by atoms with Crippen molar-refractivity contribution in [2.45, 2.75) is 66.3 Å². The third-order valence-electron chi connectivity index (χ3n) is 3.04.